The number of ether oxygens (including phenoxy) is 1. The Bertz CT molecular complexity index is 341. The van der Waals surface area contributed by atoms with Gasteiger partial charge in [0, 0.05) is 24.1 Å². The van der Waals surface area contributed by atoms with Gasteiger partial charge in [0.15, 0.2) is 0 Å². The molecule has 0 amide bonds. The highest BCUT2D eigenvalue weighted by molar-refractivity contribution is 7.11. The number of aryl methyl sites for hydroxylation is 1. The average molecular weight is 242 g/mol. The van der Waals surface area contributed by atoms with Gasteiger partial charge in [-0.25, -0.2) is 4.98 Å². The van der Waals surface area contributed by atoms with Gasteiger partial charge >= 0.3 is 0 Å². The summed E-state index contributed by atoms with van der Waals surface area (Å²) in [5.41, 5.74) is 1.25. The van der Waals surface area contributed by atoms with Crippen molar-refractivity contribution < 1.29 is 4.74 Å². The van der Waals surface area contributed by atoms with E-state index in [1.807, 2.05) is 6.92 Å². The van der Waals surface area contributed by atoms with Crippen LogP contribution in [0.5, 0.6) is 0 Å². The summed E-state index contributed by atoms with van der Waals surface area (Å²) >= 11 is 1.73. The largest absolute Gasteiger partial charge is 0.375 e. The highest BCUT2D eigenvalue weighted by atomic mass is 32.1. The predicted octanol–water partition coefficient (Wildman–Crippen LogP) is 3.05. The molecule has 0 saturated heterocycles. The second kappa shape index (κ2) is 5.25. The summed E-state index contributed by atoms with van der Waals surface area (Å²) in [6.07, 6.45) is 0.0899. The number of thiazole rings is 1. The monoisotopic (exact) mass is 242 g/mol. The van der Waals surface area contributed by atoms with Crippen molar-refractivity contribution in [3.63, 3.8) is 0 Å². The van der Waals surface area contributed by atoms with Crippen LogP contribution in [0.3, 0.4) is 0 Å². The molecule has 0 bridgehead atoms. The Morgan fingerprint density at radius 3 is 2.56 bits per heavy atom. The molecule has 0 radical (unpaired) electrons. The van der Waals surface area contributed by atoms with Crippen molar-refractivity contribution in [3.8, 4) is 0 Å². The topological polar surface area (TPSA) is 34.1 Å². The average Bonchev–Trinajstić information content (AvgIpc) is 2.54. The molecule has 92 valence electrons. The van der Waals surface area contributed by atoms with E-state index in [2.05, 4.69) is 38.0 Å². The number of aromatic nitrogens is 1. The van der Waals surface area contributed by atoms with Gasteiger partial charge in [0.05, 0.1) is 5.69 Å². The van der Waals surface area contributed by atoms with E-state index in [1.54, 1.807) is 18.4 Å². The van der Waals surface area contributed by atoms with Crippen molar-refractivity contribution in [2.75, 3.05) is 7.11 Å². The van der Waals surface area contributed by atoms with Gasteiger partial charge in [-0.1, -0.05) is 0 Å². The lowest BCUT2D eigenvalue weighted by molar-refractivity contribution is 0.119. The Kier molecular flexibility index (Phi) is 4.47. The molecule has 1 N–H and O–H groups in total. The van der Waals surface area contributed by atoms with Crippen LogP contribution in [-0.2, 0) is 11.3 Å². The quantitative estimate of drug-likeness (QED) is 0.881. The maximum absolute atomic E-state index is 5.28. The van der Waals surface area contributed by atoms with Gasteiger partial charge in [-0.15, -0.1) is 11.3 Å². The molecule has 0 aliphatic rings. The number of rotatable bonds is 4. The van der Waals surface area contributed by atoms with E-state index >= 15 is 0 Å². The van der Waals surface area contributed by atoms with E-state index in [1.165, 1.54) is 4.88 Å². The minimum absolute atomic E-state index is 0.0899. The van der Waals surface area contributed by atoms with Crippen molar-refractivity contribution in [2.24, 2.45) is 0 Å². The summed E-state index contributed by atoms with van der Waals surface area (Å²) in [4.78, 5) is 5.84. The molecular formula is C12H22N2OS. The molecule has 1 rings (SSSR count). The van der Waals surface area contributed by atoms with E-state index in [4.69, 9.17) is 4.74 Å². The van der Waals surface area contributed by atoms with E-state index < -0.39 is 0 Å². The van der Waals surface area contributed by atoms with Crippen molar-refractivity contribution in [3.05, 3.63) is 15.6 Å². The van der Waals surface area contributed by atoms with Crippen LogP contribution in [0.4, 0.5) is 0 Å². The first kappa shape index (κ1) is 13.6. The predicted molar refractivity (Wildman–Crippen MR) is 68.9 cm³/mol. The maximum atomic E-state index is 5.28. The Hall–Kier alpha value is -0.450. The van der Waals surface area contributed by atoms with Gasteiger partial charge in [-0.2, -0.15) is 0 Å². The zero-order valence-electron chi connectivity index (χ0n) is 11.0. The molecule has 1 aromatic rings. The minimum Gasteiger partial charge on any atom is -0.375 e. The van der Waals surface area contributed by atoms with E-state index in [0.29, 0.717) is 0 Å². The van der Waals surface area contributed by atoms with Crippen molar-refractivity contribution in [1.29, 1.82) is 0 Å². The summed E-state index contributed by atoms with van der Waals surface area (Å²) in [6.45, 7) is 11.5. The molecule has 0 spiro atoms. The first-order valence-electron chi connectivity index (χ1n) is 5.57. The highest BCUT2D eigenvalue weighted by Crippen LogP contribution is 2.25. The Labute approximate surface area is 102 Å². The second-order valence-electron chi connectivity index (χ2n) is 5.04. The summed E-state index contributed by atoms with van der Waals surface area (Å²) in [7, 11) is 1.72. The molecule has 16 heavy (non-hydrogen) atoms. The molecule has 1 atom stereocenters. The van der Waals surface area contributed by atoms with Gasteiger partial charge in [0.25, 0.3) is 0 Å². The summed E-state index contributed by atoms with van der Waals surface area (Å²) < 4.78 is 5.28. The van der Waals surface area contributed by atoms with E-state index in [-0.39, 0.29) is 11.6 Å². The minimum atomic E-state index is 0.0899. The molecule has 3 nitrogen and oxygen atoms in total. The second-order valence-corrected chi connectivity index (χ2v) is 6.16. The fourth-order valence-corrected chi connectivity index (χ4v) is 2.27. The Morgan fingerprint density at radius 2 is 2.06 bits per heavy atom. The van der Waals surface area contributed by atoms with Crippen LogP contribution in [0.15, 0.2) is 0 Å². The van der Waals surface area contributed by atoms with Gasteiger partial charge in [0.2, 0.25) is 0 Å². The summed E-state index contributed by atoms with van der Waals surface area (Å²) in [5, 5.41) is 4.54. The van der Waals surface area contributed by atoms with Crippen LogP contribution in [0.2, 0.25) is 0 Å². The van der Waals surface area contributed by atoms with E-state index in [0.717, 1.165) is 17.2 Å². The number of hydrogen-bond donors (Lipinski definition) is 1. The van der Waals surface area contributed by atoms with Crippen LogP contribution < -0.4 is 5.32 Å². The highest BCUT2D eigenvalue weighted by Gasteiger charge is 2.15. The molecular weight excluding hydrogens is 220 g/mol. The first-order valence-corrected chi connectivity index (χ1v) is 6.39. The van der Waals surface area contributed by atoms with Crippen LogP contribution >= 0.6 is 11.3 Å². The first-order chi connectivity index (χ1) is 7.33. The van der Waals surface area contributed by atoms with Gasteiger partial charge in [0.1, 0.15) is 11.1 Å². The molecule has 0 saturated carbocycles. The number of hydrogen-bond acceptors (Lipinski definition) is 4. The summed E-state index contributed by atoms with van der Waals surface area (Å²) in [5.74, 6) is 0. The lowest BCUT2D eigenvalue weighted by Gasteiger charge is -2.19. The number of nitrogens with zero attached hydrogens (tertiary/aromatic N) is 1. The number of methoxy groups -OCH3 is 1. The SMILES string of the molecule is COC(C)c1nc(C)c(CNC(C)(C)C)s1. The molecule has 1 unspecified atom stereocenters. The van der Waals surface area contributed by atoms with Crippen molar-refractivity contribution in [1.82, 2.24) is 10.3 Å². The molecule has 1 aromatic heterocycles. The van der Waals surface area contributed by atoms with Crippen LogP contribution in [0.25, 0.3) is 0 Å². The van der Waals surface area contributed by atoms with Crippen LogP contribution in [0, 0.1) is 6.92 Å². The fraction of sp³-hybridized carbons (Fsp3) is 0.750. The Morgan fingerprint density at radius 1 is 1.44 bits per heavy atom. The maximum Gasteiger partial charge on any atom is 0.122 e. The van der Waals surface area contributed by atoms with Gasteiger partial charge < -0.3 is 10.1 Å². The summed E-state index contributed by atoms with van der Waals surface area (Å²) in [6, 6.07) is 0. The lowest BCUT2D eigenvalue weighted by Crippen LogP contribution is -2.34. The van der Waals surface area contributed by atoms with Crippen LogP contribution in [-0.4, -0.2) is 17.6 Å². The third kappa shape index (κ3) is 3.85. The van der Waals surface area contributed by atoms with Crippen molar-refractivity contribution >= 4 is 11.3 Å². The molecule has 0 aliphatic carbocycles. The third-order valence-corrected chi connectivity index (χ3v) is 3.71. The van der Waals surface area contributed by atoms with Gasteiger partial charge in [-0.05, 0) is 34.6 Å². The Balaban J connectivity index is 2.71. The molecule has 4 heteroatoms. The number of nitrogens with one attached hydrogen (secondary N) is 1. The zero-order chi connectivity index (χ0) is 12.3. The smallest absolute Gasteiger partial charge is 0.122 e. The van der Waals surface area contributed by atoms with Gasteiger partial charge in [-0.3, -0.25) is 0 Å². The van der Waals surface area contributed by atoms with Crippen LogP contribution in [0.1, 0.15) is 49.4 Å². The molecule has 0 aliphatic heterocycles. The lowest BCUT2D eigenvalue weighted by atomic mass is 10.1. The molecule has 0 fully saturated rings. The normalized spacial score (nSPS) is 14.1. The van der Waals surface area contributed by atoms with Crippen molar-refractivity contribution in [2.45, 2.75) is 52.8 Å². The standard InChI is InChI=1S/C12H22N2OS/c1-8-10(7-13-12(3,4)5)16-11(14-8)9(2)15-6/h9,13H,7H2,1-6H3. The third-order valence-electron chi connectivity index (χ3n) is 2.39. The zero-order valence-corrected chi connectivity index (χ0v) is 11.9. The fourth-order valence-electron chi connectivity index (χ4n) is 1.23. The van der Waals surface area contributed by atoms with E-state index in [9.17, 15) is 0 Å². The molecule has 0 aromatic carbocycles. The molecule has 1 heterocycles.